The summed E-state index contributed by atoms with van der Waals surface area (Å²) in [6.45, 7) is 6.12. The molecular weight excluding hydrogens is 504 g/mol. The van der Waals surface area contributed by atoms with Crippen molar-refractivity contribution in [1.29, 1.82) is 0 Å². The first-order valence-corrected chi connectivity index (χ1v) is 12.7. The Balaban J connectivity index is 1.72. The van der Waals surface area contributed by atoms with Crippen LogP contribution >= 0.6 is 27.5 Å². The molecule has 0 aliphatic heterocycles. The Morgan fingerprint density at radius 2 is 1.88 bits per heavy atom. The van der Waals surface area contributed by atoms with Crippen LogP contribution in [0.2, 0.25) is 5.02 Å². The monoisotopic (exact) mass is 534 g/mol. The maximum Gasteiger partial charge on any atom is 0.261 e. The van der Waals surface area contributed by atoms with Gasteiger partial charge in [0, 0.05) is 17.6 Å². The second-order valence-electron chi connectivity index (χ2n) is 8.95. The van der Waals surface area contributed by atoms with E-state index in [0.29, 0.717) is 16.7 Å². The van der Waals surface area contributed by atoms with Crippen LogP contribution in [-0.4, -0.2) is 35.4 Å². The molecule has 1 atom stereocenters. The molecule has 0 radical (unpaired) electrons. The Hall–Kier alpha value is -2.05. The molecule has 0 spiro atoms. The van der Waals surface area contributed by atoms with Gasteiger partial charge in [-0.1, -0.05) is 56.5 Å². The summed E-state index contributed by atoms with van der Waals surface area (Å²) in [5, 5.41) is 3.69. The second-order valence-corrected chi connectivity index (χ2v) is 10.2. The van der Waals surface area contributed by atoms with E-state index in [2.05, 4.69) is 35.1 Å². The quantitative estimate of drug-likeness (QED) is 0.423. The fraction of sp³-hybridized carbons (Fsp3) is 0.462. The average Bonchev–Trinajstić information content (AvgIpc) is 3.29. The van der Waals surface area contributed by atoms with Gasteiger partial charge in [-0.3, -0.25) is 9.59 Å². The van der Waals surface area contributed by atoms with E-state index in [1.54, 1.807) is 17.9 Å². The molecule has 0 bridgehead atoms. The van der Waals surface area contributed by atoms with E-state index < -0.39 is 6.04 Å². The second kappa shape index (κ2) is 11.9. The van der Waals surface area contributed by atoms with Crippen molar-refractivity contribution in [2.45, 2.75) is 71.0 Å². The van der Waals surface area contributed by atoms with Crippen molar-refractivity contribution in [2.75, 3.05) is 6.61 Å². The summed E-state index contributed by atoms with van der Waals surface area (Å²) in [4.78, 5) is 27.8. The van der Waals surface area contributed by atoms with Crippen molar-refractivity contribution in [1.82, 2.24) is 10.2 Å². The molecule has 1 aliphatic rings. The molecule has 7 heteroatoms. The van der Waals surface area contributed by atoms with E-state index in [-0.39, 0.29) is 31.0 Å². The number of benzene rings is 2. The van der Waals surface area contributed by atoms with Gasteiger partial charge in [-0.25, -0.2) is 0 Å². The van der Waals surface area contributed by atoms with Crippen molar-refractivity contribution >= 4 is 39.3 Å². The molecule has 1 saturated carbocycles. The summed E-state index contributed by atoms with van der Waals surface area (Å²) in [5.74, 6) is 0.589. The van der Waals surface area contributed by atoms with Crippen molar-refractivity contribution in [3.63, 3.8) is 0 Å². The van der Waals surface area contributed by atoms with E-state index >= 15 is 0 Å². The summed E-state index contributed by atoms with van der Waals surface area (Å²) in [7, 11) is 0. The smallest absolute Gasteiger partial charge is 0.261 e. The molecule has 2 amide bonds. The molecule has 178 valence electrons. The van der Waals surface area contributed by atoms with Gasteiger partial charge in [0.1, 0.15) is 11.8 Å². The van der Waals surface area contributed by atoms with Crippen LogP contribution in [-0.2, 0) is 16.1 Å². The number of carbonyl (C=O) groups excluding carboxylic acids is 2. The lowest BCUT2D eigenvalue weighted by Crippen LogP contribution is -2.50. The number of rotatable bonds is 9. The third kappa shape index (κ3) is 7.21. The fourth-order valence-corrected chi connectivity index (χ4v) is 4.75. The zero-order valence-corrected chi connectivity index (χ0v) is 21.8. The molecule has 0 aromatic heterocycles. The van der Waals surface area contributed by atoms with Gasteiger partial charge in [-0.05, 0) is 77.0 Å². The molecule has 1 unspecified atom stereocenters. The molecule has 5 nitrogen and oxygen atoms in total. The minimum absolute atomic E-state index is 0.139. The van der Waals surface area contributed by atoms with E-state index in [1.807, 2.05) is 36.4 Å². The summed E-state index contributed by atoms with van der Waals surface area (Å²) in [6, 6.07) is 12.8. The number of nitrogens with one attached hydrogen (secondary N) is 1. The fourth-order valence-electron chi connectivity index (χ4n) is 4.02. The normalized spacial score (nSPS) is 14.8. The Labute approximate surface area is 210 Å². The van der Waals surface area contributed by atoms with Gasteiger partial charge < -0.3 is 15.0 Å². The largest absolute Gasteiger partial charge is 0.483 e. The number of halogens is 2. The van der Waals surface area contributed by atoms with E-state index in [1.165, 1.54) is 5.56 Å². The maximum absolute atomic E-state index is 13.2. The molecule has 1 N–H and O–H groups in total. The summed E-state index contributed by atoms with van der Waals surface area (Å²) in [6.07, 6.45) is 4.24. The number of nitrogens with zero attached hydrogens (tertiary/aromatic N) is 1. The lowest BCUT2D eigenvalue weighted by Gasteiger charge is -2.29. The van der Waals surface area contributed by atoms with Crippen LogP contribution < -0.4 is 10.1 Å². The third-order valence-corrected chi connectivity index (χ3v) is 6.94. The molecule has 2 aromatic carbocycles. The summed E-state index contributed by atoms with van der Waals surface area (Å²) < 4.78 is 6.64. The molecule has 1 aliphatic carbocycles. The standard InChI is InChI=1S/C26H32BrClN2O3/c1-17(2)20-11-12-24(23(27)14-20)33-16-25(31)30(15-19-7-6-8-21(28)13-19)18(3)26(32)29-22-9-4-5-10-22/h6-8,11-14,17-18,22H,4-5,9-10,15-16H2,1-3H3,(H,29,32). The van der Waals surface area contributed by atoms with E-state index in [0.717, 1.165) is 35.7 Å². The Bertz CT molecular complexity index is 976. The highest BCUT2D eigenvalue weighted by Crippen LogP contribution is 2.29. The molecule has 2 aromatic rings. The van der Waals surface area contributed by atoms with Gasteiger partial charge in [0.15, 0.2) is 6.61 Å². The number of hydrogen-bond donors (Lipinski definition) is 1. The van der Waals surface area contributed by atoms with Crippen molar-refractivity contribution in [3.8, 4) is 5.75 Å². The van der Waals surface area contributed by atoms with Gasteiger partial charge in [0.05, 0.1) is 4.47 Å². The van der Waals surface area contributed by atoms with Gasteiger partial charge >= 0.3 is 0 Å². The first-order chi connectivity index (χ1) is 15.7. The van der Waals surface area contributed by atoms with E-state index in [9.17, 15) is 9.59 Å². The minimum Gasteiger partial charge on any atom is -0.483 e. The summed E-state index contributed by atoms with van der Waals surface area (Å²) in [5.41, 5.74) is 2.04. The number of ether oxygens (including phenoxy) is 1. The highest BCUT2D eigenvalue weighted by atomic mass is 79.9. The van der Waals surface area contributed by atoms with Gasteiger partial charge in [0.2, 0.25) is 5.91 Å². The zero-order chi connectivity index (χ0) is 24.0. The third-order valence-electron chi connectivity index (χ3n) is 6.08. The highest BCUT2D eigenvalue weighted by Gasteiger charge is 2.29. The van der Waals surface area contributed by atoms with Crippen molar-refractivity contribution in [3.05, 3.63) is 63.1 Å². The van der Waals surface area contributed by atoms with Gasteiger partial charge in [-0.15, -0.1) is 0 Å². The number of carbonyl (C=O) groups is 2. The summed E-state index contributed by atoms with van der Waals surface area (Å²) >= 11 is 9.68. The van der Waals surface area contributed by atoms with Crippen molar-refractivity contribution < 1.29 is 14.3 Å². The van der Waals surface area contributed by atoms with Crippen LogP contribution in [0.3, 0.4) is 0 Å². The van der Waals surface area contributed by atoms with E-state index in [4.69, 9.17) is 16.3 Å². The average molecular weight is 536 g/mol. The highest BCUT2D eigenvalue weighted by molar-refractivity contribution is 9.10. The molecule has 0 saturated heterocycles. The molecule has 0 heterocycles. The van der Waals surface area contributed by atoms with Crippen LogP contribution in [0.15, 0.2) is 46.9 Å². The predicted octanol–water partition coefficient (Wildman–Crippen LogP) is 6.08. The Morgan fingerprint density at radius 3 is 2.52 bits per heavy atom. The van der Waals surface area contributed by atoms with Crippen molar-refractivity contribution in [2.24, 2.45) is 0 Å². The topological polar surface area (TPSA) is 58.6 Å². The maximum atomic E-state index is 13.2. The Morgan fingerprint density at radius 1 is 1.15 bits per heavy atom. The molecule has 33 heavy (non-hydrogen) atoms. The van der Waals surface area contributed by atoms with Crippen LogP contribution in [0.1, 0.15) is 63.5 Å². The lowest BCUT2D eigenvalue weighted by atomic mass is 10.0. The Kier molecular flexibility index (Phi) is 9.21. The predicted molar refractivity (Wildman–Crippen MR) is 136 cm³/mol. The first-order valence-electron chi connectivity index (χ1n) is 11.5. The first kappa shape index (κ1) is 25.6. The van der Waals surface area contributed by atoms with Gasteiger partial charge in [-0.2, -0.15) is 0 Å². The SMILES string of the molecule is CC(C)c1ccc(OCC(=O)N(Cc2cccc(Cl)c2)C(C)C(=O)NC2CCCC2)c(Br)c1. The van der Waals surface area contributed by atoms with Crippen LogP contribution in [0, 0.1) is 0 Å². The van der Waals surface area contributed by atoms with Gasteiger partial charge in [0.25, 0.3) is 5.91 Å². The van der Waals surface area contributed by atoms with Crippen LogP contribution in [0.5, 0.6) is 5.75 Å². The zero-order valence-electron chi connectivity index (χ0n) is 19.4. The molecule has 1 fully saturated rings. The minimum atomic E-state index is -0.632. The van der Waals surface area contributed by atoms with Crippen LogP contribution in [0.4, 0.5) is 0 Å². The lowest BCUT2D eigenvalue weighted by molar-refractivity contribution is -0.142. The van der Waals surface area contributed by atoms with Crippen LogP contribution in [0.25, 0.3) is 0 Å². The number of hydrogen-bond acceptors (Lipinski definition) is 3. The molecular formula is C26H32BrClN2O3. The molecule has 3 rings (SSSR count). The number of amides is 2.